The molecular formula is C27H28N2O4. The van der Waals surface area contributed by atoms with Crippen LogP contribution in [0.3, 0.4) is 0 Å². The number of carbonyl (C=O) groups is 2. The van der Waals surface area contributed by atoms with Crippen LogP contribution in [0, 0.1) is 5.92 Å². The third kappa shape index (κ3) is 4.80. The third-order valence-electron chi connectivity index (χ3n) is 6.38. The van der Waals surface area contributed by atoms with Gasteiger partial charge in [-0.1, -0.05) is 36.4 Å². The summed E-state index contributed by atoms with van der Waals surface area (Å²) in [6.07, 6.45) is 3.19. The Morgan fingerprint density at radius 1 is 1.09 bits per heavy atom. The predicted molar refractivity (Wildman–Crippen MR) is 124 cm³/mol. The van der Waals surface area contributed by atoms with Gasteiger partial charge in [0.2, 0.25) is 5.91 Å². The van der Waals surface area contributed by atoms with E-state index in [4.69, 9.17) is 9.15 Å². The van der Waals surface area contributed by atoms with Gasteiger partial charge in [0.25, 0.3) is 5.91 Å². The zero-order chi connectivity index (χ0) is 22.8. The van der Waals surface area contributed by atoms with E-state index in [1.54, 1.807) is 19.1 Å². The van der Waals surface area contributed by atoms with Crippen LogP contribution in [-0.2, 0) is 17.8 Å². The summed E-state index contributed by atoms with van der Waals surface area (Å²) in [6, 6.07) is 19.5. The van der Waals surface area contributed by atoms with Gasteiger partial charge in [-0.25, -0.2) is 0 Å². The molecule has 1 aromatic heterocycles. The van der Waals surface area contributed by atoms with Crippen LogP contribution in [0.2, 0.25) is 0 Å². The lowest BCUT2D eigenvalue weighted by atomic mass is 9.88. The largest absolute Gasteiger partial charge is 0.486 e. The summed E-state index contributed by atoms with van der Waals surface area (Å²) < 4.78 is 11.7. The zero-order valence-electron chi connectivity index (χ0n) is 18.8. The van der Waals surface area contributed by atoms with Crippen LogP contribution < -0.4 is 10.1 Å². The van der Waals surface area contributed by atoms with Gasteiger partial charge in [-0.05, 0) is 66.1 Å². The van der Waals surface area contributed by atoms with Crippen molar-refractivity contribution in [1.29, 1.82) is 0 Å². The van der Waals surface area contributed by atoms with E-state index < -0.39 is 0 Å². The van der Waals surface area contributed by atoms with Crippen LogP contribution in [0.15, 0.2) is 65.1 Å². The molecule has 170 valence electrons. The fraction of sp³-hybridized carbons (Fsp3) is 0.333. The molecule has 0 spiro atoms. The first-order valence-corrected chi connectivity index (χ1v) is 11.5. The molecule has 6 heteroatoms. The van der Waals surface area contributed by atoms with Gasteiger partial charge in [0.1, 0.15) is 18.1 Å². The van der Waals surface area contributed by atoms with Gasteiger partial charge in [0, 0.05) is 20.0 Å². The van der Waals surface area contributed by atoms with Crippen molar-refractivity contribution in [2.45, 2.75) is 38.8 Å². The van der Waals surface area contributed by atoms with E-state index in [2.05, 4.69) is 23.5 Å². The normalized spacial score (nSPS) is 17.4. The number of amides is 2. The van der Waals surface area contributed by atoms with Gasteiger partial charge >= 0.3 is 0 Å². The molecule has 0 saturated heterocycles. The summed E-state index contributed by atoms with van der Waals surface area (Å²) in [5.74, 6) is 2.10. The Morgan fingerprint density at radius 3 is 2.67 bits per heavy atom. The maximum Gasteiger partial charge on any atom is 0.287 e. The van der Waals surface area contributed by atoms with Gasteiger partial charge < -0.3 is 19.4 Å². The number of hydrogen-bond donors (Lipinski definition) is 1. The van der Waals surface area contributed by atoms with Crippen molar-refractivity contribution in [2.75, 3.05) is 13.1 Å². The molecule has 1 atom stereocenters. The molecule has 0 radical (unpaired) electrons. The van der Waals surface area contributed by atoms with Crippen LogP contribution in [0.4, 0.5) is 0 Å². The van der Waals surface area contributed by atoms with Crippen LogP contribution >= 0.6 is 0 Å². The first kappa shape index (κ1) is 21.3. The van der Waals surface area contributed by atoms with Crippen molar-refractivity contribution in [2.24, 2.45) is 5.92 Å². The molecule has 0 bridgehead atoms. The van der Waals surface area contributed by atoms with Crippen molar-refractivity contribution in [3.63, 3.8) is 0 Å². The Labute approximate surface area is 193 Å². The second-order valence-corrected chi connectivity index (χ2v) is 8.84. The summed E-state index contributed by atoms with van der Waals surface area (Å²) in [5, 5.41) is 2.91. The quantitative estimate of drug-likeness (QED) is 0.583. The molecule has 2 aromatic carbocycles. The Bertz CT molecular complexity index is 1150. The highest BCUT2D eigenvalue weighted by Gasteiger charge is 2.30. The smallest absolute Gasteiger partial charge is 0.287 e. The molecule has 1 N–H and O–H groups in total. The number of rotatable bonds is 7. The molecule has 33 heavy (non-hydrogen) atoms. The molecule has 6 nitrogen and oxygen atoms in total. The van der Waals surface area contributed by atoms with Crippen molar-refractivity contribution in [1.82, 2.24) is 10.2 Å². The lowest BCUT2D eigenvalue weighted by Gasteiger charge is -2.37. The first-order chi connectivity index (χ1) is 16.1. The van der Waals surface area contributed by atoms with E-state index in [0.29, 0.717) is 36.3 Å². The molecule has 1 aliphatic heterocycles. The second-order valence-electron chi connectivity index (χ2n) is 8.84. The molecule has 5 rings (SSSR count). The number of nitrogens with one attached hydrogen (secondary N) is 1. The first-order valence-electron chi connectivity index (χ1n) is 11.5. The fourth-order valence-corrected chi connectivity index (χ4v) is 4.40. The fourth-order valence-electron chi connectivity index (χ4n) is 4.40. The number of furan rings is 1. The number of nitrogens with zero attached hydrogens (tertiary/aromatic N) is 1. The zero-order valence-corrected chi connectivity index (χ0v) is 18.8. The van der Waals surface area contributed by atoms with Gasteiger partial charge in [-0.2, -0.15) is 0 Å². The average Bonchev–Trinajstić information content (AvgIpc) is 3.55. The summed E-state index contributed by atoms with van der Waals surface area (Å²) in [5.41, 5.74) is 3.39. The molecule has 2 aliphatic rings. The Kier molecular flexibility index (Phi) is 5.90. The van der Waals surface area contributed by atoms with E-state index in [1.807, 2.05) is 35.2 Å². The molecule has 0 unspecified atom stereocenters. The Morgan fingerprint density at radius 2 is 1.91 bits per heavy atom. The molecule has 2 heterocycles. The van der Waals surface area contributed by atoms with E-state index in [-0.39, 0.29) is 24.5 Å². The molecule has 2 amide bonds. The summed E-state index contributed by atoms with van der Waals surface area (Å²) >= 11 is 0. The monoisotopic (exact) mass is 444 g/mol. The highest BCUT2D eigenvalue weighted by molar-refractivity contribution is 5.91. The standard InChI is InChI=1S/C27H28N2O4/c1-18(30)29-14-13-20-9-10-22(15-24(20)26(29)21-5-3-2-4-6-21)32-17-23-11-12-25(33-23)27(31)28-16-19-7-8-19/h2-6,9-12,15,19,26H,7-8,13-14,16-17H2,1H3,(H,28,31)/t26-/m0/s1. The van der Waals surface area contributed by atoms with Crippen LogP contribution in [0.1, 0.15) is 58.8 Å². The van der Waals surface area contributed by atoms with Crippen LogP contribution in [-0.4, -0.2) is 29.8 Å². The van der Waals surface area contributed by atoms with Crippen molar-refractivity contribution >= 4 is 11.8 Å². The van der Waals surface area contributed by atoms with Gasteiger partial charge in [-0.15, -0.1) is 0 Å². The van der Waals surface area contributed by atoms with E-state index >= 15 is 0 Å². The minimum absolute atomic E-state index is 0.0592. The number of carbonyl (C=O) groups excluding carboxylic acids is 2. The minimum atomic E-state index is -0.183. The number of benzene rings is 2. The molecule has 1 saturated carbocycles. The number of ether oxygens (including phenoxy) is 1. The minimum Gasteiger partial charge on any atom is -0.486 e. The van der Waals surface area contributed by atoms with Crippen LogP contribution in [0.25, 0.3) is 0 Å². The van der Waals surface area contributed by atoms with Gasteiger partial charge in [0.15, 0.2) is 5.76 Å². The lowest BCUT2D eigenvalue weighted by molar-refractivity contribution is -0.130. The summed E-state index contributed by atoms with van der Waals surface area (Å²) in [4.78, 5) is 26.5. The van der Waals surface area contributed by atoms with Crippen LogP contribution in [0.5, 0.6) is 5.75 Å². The average molecular weight is 445 g/mol. The molecule has 1 fully saturated rings. The van der Waals surface area contributed by atoms with Gasteiger partial charge in [-0.3, -0.25) is 9.59 Å². The number of fused-ring (bicyclic) bond motifs is 1. The van der Waals surface area contributed by atoms with Crippen molar-refractivity contribution < 1.29 is 18.7 Å². The highest BCUT2D eigenvalue weighted by atomic mass is 16.5. The molecular weight excluding hydrogens is 416 g/mol. The van der Waals surface area contributed by atoms with Gasteiger partial charge in [0.05, 0.1) is 6.04 Å². The van der Waals surface area contributed by atoms with E-state index in [9.17, 15) is 9.59 Å². The maximum atomic E-state index is 12.4. The van der Waals surface area contributed by atoms with Crippen molar-refractivity contribution in [3.05, 3.63) is 88.9 Å². The second kappa shape index (κ2) is 9.14. The topological polar surface area (TPSA) is 71.8 Å². The molecule has 1 aliphatic carbocycles. The molecule has 3 aromatic rings. The third-order valence-corrected chi connectivity index (χ3v) is 6.38. The maximum absolute atomic E-state index is 12.4. The van der Waals surface area contributed by atoms with E-state index in [0.717, 1.165) is 17.5 Å². The lowest BCUT2D eigenvalue weighted by Crippen LogP contribution is -2.39. The van der Waals surface area contributed by atoms with Crippen molar-refractivity contribution in [3.8, 4) is 5.75 Å². The Hall–Kier alpha value is -3.54. The SMILES string of the molecule is CC(=O)N1CCc2ccc(OCc3ccc(C(=O)NCC4CC4)o3)cc2[C@@H]1c1ccccc1. The summed E-state index contributed by atoms with van der Waals surface area (Å²) in [7, 11) is 0. The highest BCUT2D eigenvalue weighted by Crippen LogP contribution is 2.37. The number of hydrogen-bond acceptors (Lipinski definition) is 4. The Balaban J connectivity index is 1.31. The summed E-state index contributed by atoms with van der Waals surface area (Å²) in [6.45, 7) is 3.25. The predicted octanol–water partition coefficient (Wildman–Crippen LogP) is 4.49. The van der Waals surface area contributed by atoms with E-state index in [1.165, 1.54) is 18.4 Å².